The van der Waals surface area contributed by atoms with Gasteiger partial charge in [0.2, 0.25) is 11.7 Å². The normalized spacial score (nSPS) is 11.2. The van der Waals surface area contributed by atoms with Crippen molar-refractivity contribution >= 4 is 17.7 Å². The molecule has 0 aromatic carbocycles. The van der Waals surface area contributed by atoms with Gasteiger partial charge in [0.05, 0.1) is 7.11 Å². The Morgan fingerprint density at radius 3 is 2.89 bits per heavy atom. The van der Waals surface area contributed by atoms with Gasteiger partial charge in [-0.25, -0.2) is 9.97 Å². The molecule has 0 aliphatic rings. The fourth-order valence-corrected chi connectivity index (χ4v) is 1.43. The van der Waals surface area contributed by atoms with Crippen LogP contribution in [0.5, 0.6) is 0 Å². The molecular weight excluding hydrogens is 248 g/mol. The lowest BCUT2D eigenvalue weighted by molar-refractivity contribution is -0.141. The van der Waals surface area contributed by atoms with Gasteiger partial charge in [-0.05, 0) is 12.0 Å². The van der Waals surface area contributed by atoms with Gasteiger partial charge in [-0.3, -0.25) is 9.59 Å². The molecule has 7 nitrogen and oxygen atoms in total. The highest BCUT2D eigenvalue weighted by Crippen LogP contribution is 2.10. The highest BCUT2D eigenvalue weighted by atomic mass is 16.5. The van der Waals surface area contributed by atoms with E-state index in [0.717, 1.165) is 0 Å². The van der Waals surface area contributed by atoms with Crippen molar-refractivity contribution in [3.05, 3.63) is 18.1 Å². The van der Waals surface area contributed by atoms with E-state index in [2.05, 4.69) is 20.0 Å². The van der Waals surface area contributed by atoms with Crippen molar-refractivity contribution in [3.63, 3.8) is 0 Å². The summed E-state index contributed by atoms with van der Waals surface area (Å²) in [5.74, 6) is -0.514. The van der Waals surface area contributed by atoms with Crippen molar-refractivity contribution in [2.24, 2.45) is 5.92 Å². The maximum absolute atomic E-state index is 11.7. The number of hydrogen-bond donors (Lipinski definition) is 1. The van der Waals surface area contributed by atoms with Crippen LogP contribution in [0.3, 0.4) is 0 Å². The number of methoxy groups -OCH3 is 1. The first kappa shape index (κ1) is 14.6. The van der Waals surface area contributed by atoms with Crippen LogP contribution in [0.25, 0.3) is 0 Å². The summed E-state index contributed by atoms with van der Waals surface area (Å²) >= 11 is 0. The molecule has 0 saturated carbocycles. The maximum atomic E-state index is 11.7. The standard InChI is InChI=1S/C12H14N4O3/c1-8(6-12(18)19-2)5-11(17)16-9-3-4-14-10(7-13)15-9/h3-4,8H,5-6H2,1-2H3,(H,14,15,16,17). The Hall–Kier alpha value is -2.49. The summed E-state index contributed by atoms with van der Waals surface area (Å²) in [6.07, 6.45) is 1.73. The average Bonchev–Trinajstić information content (AvgIpc) is 2.38. The summed E-state index contributed by atoms with van der Waals surface area (Å²) in [7, 11) is 1.30. The minimum absolute atomic E-state index is 0.0135. The van der Waals surface area contributed by atoms with Crippen molar-refractivity contribution in [2.45, 2.75) is 19.8 Å². The third-order valence-electron chi connectivity index (χ3n) is 2.30. The smallest absolute Gasteiger partial charge is 0.305 e. The number of esters is 1. The number of ether oxygens (including phenoxy) is 1. The Balaban J connectivity index is 2.51. The zero-order valence-corrected chi connectivity index (χ0v) is 10.7. The van der Waals surface area contributed by atoms with Crippen LogP contribution < -0.4 is 5.32 Å². The fourth-order valence-electron chi connectivity index (χ4n) is 1.43. The molecule has 0 saturated heterocycles. The Morgan fingerprint density at radius 2 is 2.26 bits per heavy atom. The minimum Gasteiger partial charge on any atom is -0.469 e. The molecular formula is C12H14N4O3. The molecule has 0 aliphatic carbocycles. The molecule has 1 aromatic heterocycles. The van der Waals surface area contributed by atoms with Crippen LogP contribution in [0.15, 0.2) is 12.3 Å². The van der Waals surface area contributed by atoms with Crippen molar-refractivity contribution < 1.29 is 14.3 Å². The van der Waals surface area contributed by atoms with Gasteiger partial charge in [0, 0.05) is 19.0 Å². The van der Waals surface area contributed by atoms with Crippen molar-refractivity contribution in [3.8, 4) is 6.07 Å². The first-order chi connectivity index (χ1) is 9.05. The number of nitrogens with zero attached hydrogens (tertiary/aromatic N) is 3. The lowest BCUT2D eigenvalue weighted by Gasteiger charge is -2.09. The van der Waals surface area contributed by atoms with Gasteiger partial charge in [0.15, 0.2) is 0 Å². The van der Waals surface area contributed by atoms with E-state index in [-0.39, 0.29) is 42.3 Å². The lowest BCUT2D eigenvalue weighted by Crippen LogP contribution is -2.18. The molecule has 100 valence electrons. The number of amides is 1. The molecule has 1 atom stereocenters. The van der Waals surface area contributed by atoms with E-state index >= 15 is 0 Å². The van der Waals surface area contributed by atoms with E-state index in [9.17, 15) is 9.59 Å². The van der Waals surface area contributed by atoms with Crippen molar-refractivity contribution in [1.29, 1.82) is 5.26 Å². The molecule has 1 rings (SSSR count). The van der Waals surface area contributed by atoms with Crippen LogP contribution in [0.4, 0.5) is 5.82 Å². The maximum Gasteiger partial charge on any atom is 0.305 e. The second-order valence-electron chi connectivity index (χ2n) is 4.02. The summed E-state index contributed by atoms with van der Waals surface area (Å²) in [6.45, 7) is 1.77. The molecule has 1 amide bonds. The molecule has 7 heteroatoms. The number of aromatic nitrogens is 2. The zero-order valence-electron chi connectivity index (χ0n) is 10.7. The Kier molecular flexibility index (Phi) is 5.41. The van der Waals surface area contributed by atoms with Gasteiger partial charge in [-0.15, -0.1) is 0 Å². The zero-order chi connectivity index (χ0) is 14.3. The van der Waals surface area contributed by atoms with E-state index in [0.29, 0.717) is 0 Å². The van der Waals surface area contributed by atoms with E-state index in [4.69, 9.17) is 5.26 Å². The monoisotopic (exact) mass is 262 g/mol. The molecule has 1 unspecified atom stereocenters. The van der Waals surface area contributed by atoms with Crippen LogP contribution >= 0.6 is 0 Å². The van der Waals surface area contributed by atoms with E-state index in [1.165, 1.54) is 19.4 Å². The third-order valence-corrected chi connectivity index (χ3v) is 2.30. The molecule has 19 heavy (non-hydrogen) atoms. The van der Waals surface area contributed by atoms with Gasteiger partial charge < -0.3 is 10.1 Å². The van der Waals surface area contributed by atoms with Gasteiger partial charge in [-0.1, -0.05) is 6.92 Å². The van der Waals surface area contributed by atoms with E-state index < -0.39 is 0 Å². The van der Waals surface area contributed by atoms with Crippen molar-refractivity contribution in [2.75, 3.05) is 12.4 Å². The second kappa shape index (κ2) is 7.06. The average molecular weight is 262 g/mol. The van der Waals surface area contributed by atoms with Crippen LogP contribution in [0.1, 0.15) is 25.6 Å². The highest BCUT2D eigenvalue weighted by Gasteiger charge is 2.14. The Labute approximate surface area is 110 Å². The molecule has 1 N–H and O–H groups in total. The number of rotatable bonds is 5. The Morgan fingerprint density at radius 1 is 1.53 bits per heavy atom. The largest absolute Gasteiger partial charge is 0.469 e. The van der Waals surface area contributed by atoms with E-state index in [1.54, 1.807) is 13.0 Å². The summed E-state index contributed by atoms with van der Waals surface area (Å²) in [4.78, 5) is 30.2. The molecule has 1 aromatic rings. The summed E-state index contributed by atoms with van der Waals surface area (Å²) in [5, 5.41) is 11.2. The topological polar surface area (TPSA) is 105 Å². The summed E-state index contributed by atoms with van der Waals surface area (Å²) in [6, 6.07) is 3.27. The lowest BCUT2D eigenvalue weighted by atomic mass is 10.0. The fraction of sp³-hybridized carbons (Fsp3) is 0.417. The number of nitrogens with one attached hydrogen (secondary N) is 1. The third kappa shape index (κ3) is 5.12. The van der Waals surface area contributed by atoms with Crippen LogP contribution in [-0.4, -0.2) is 29.0 Å². The number of carbonyl (C=O) groups is 2. The minimum atomic E-state index is -0.353. The van der Waals surface area contributed by atoms with Gasteiger partial charge in [-0.2, -0.15) is 5.26 Å². The molecule has 0 bridgehead atoms. The first-order valence-corrected chi connectivity index (χ1v) is 5.65. The van der Waals surface area contributed by atoms with Crippen LogP contribution in [0.2, 0.25) is 0 Å². The summed E-state index contributed by atoms with van der Waals surface area (Å²) in [5.41, 5.74) is 0. The van der Waals surface area contributed by atoms with E-state index in [1.807, 2.05) is 0 Å². The summed E-state index contributed by atoms with van der Waals surface area (Å²) < 4.78 is 4.52. The molecule has 0 spiro atoms. The SMILES string of the molecule is COC(=O)CC(C)CC(=O)Nc1ccnc(C#N)n1. The number of carbonyl (C=O) groups excluding carboxylic acids is 2. The number of anilines is 1. The van der Waals surface area contributed by atoms with Gasteiger partial charge >= 0.3 is 5.97 Å². The van der Waals surface area contributed by atoms with Crippen molar-refractivity contribution in [1.82, 2.24) is 9.97 Å². The molecule has 0 radical (unpaired) electrons. The number of nitriles is 1. The van der Waals surface area contributed by atoms with Gasteiger partial charge in [0.25, 0.3) is 0 Å². The molecule has 0 fully saturated rings. The quantitative estimate of drug-likeness (QED) is 0.789. The predicted molar refractivity (Wildman–Crippen MR) is 65.8 cm³/mol. The Bertz CT molecular complexity index is 510. The molecule has 1 heterocycles. The highest BCUT2D eigenvalue weighted by molar-refractivity contribution is 5.90. The second-order valence-corrected chi connectivity index (χ2v) is 4.02. The van der Waals surface area contributed by atoms with Crippen LogP contribution in [0, 0.1) is 17.2 Å². The molecule has 0 aliphatic heterocycles. The van der Waals surface area contributed by atoms with Gasteiger partial charge in [0.1, 0.15) is 11.9 Å². The number of hydrogen-bond acceptors (Lipinski definition) is 6. The predicted octanol–water partition coefficient (Wildman–Crippen LogP) is 0.876. The van der Waals surface area contributed by atoms with Crippen LogP contribution in [-0.2, 0) is 14.3 Å². The first-order valence-electron chi connectivity index (χ1n) is 5.65.